The summed E-state index contributed by atoms with van der Waals surface area (Å²) in [5.74, 6) is -1.23. The van der Waals surface area contributed by atoms with E-state index in [9.17, 15) is 18.0 Å². The fraction of sp³-hybridized carbons (Fsp3) is 0.667. The first-order valence-electron chi connectivity index (χ1n) is 7.15. The van der Waals surface area contributed by atoms with Crippen molar-refractivity contribution in [1.82, 2.24) is 9.47 Å². The van der Waals surface area contributed by atoms with Crippen LogP contribution >= 0.6 is 0 Å². The Labute approximate surface area is 122 Å². The van der Waals surface area contributed by atoms with Crippen molar-refractivity contribution < 1.29 is 18.0 Å². The predicted molar refractivity (Wildman–Crippen MR) is 74.4 cm³/mol. The molecule has 2 heterocycles. The zero-order valence-electron chi connectivity index (χ0n) is 12.6. The maximum Gasteiger partial charge on any atom is 0.391 e. The van der Waals surface area contributed by atoms with Gasteiger partial charge in [-0.2, -0.15) is 13.2 Å². The summed E-state index contributed by atoms with van der Waals surface area (Å²) in [7, 11) is 1.90. The lowest BCUT2D eigenvalue weighted by Crippen LogP contribution is -2.41. The topological polar surface area (TPSA) is 25.2 Å². The molecule has 21 heavy (non-hydrogen) atoms. The number of likely N-dealkylation sites (tertiary alicyclic amines) is 1. The monoisotopic (exact) mass is 302 g/mol. The van der Waals surface area contributed by atoms with Crippen molar-refractivity contribution in [3.8, 4) is 0 Å². The van der Waals surface area contributed by atoms with Gasteiger partial charge in [-0.3, -0.25) is 9.69 Å². The van der Waals surface area contributed by atoms with E-state index in [1.807, 2.05) is 36.4 Å². The lowest BCUT2D eigenvalue weighted by molar-refractivity contribution is -0.184. The van der Waals surface area contributed by atoms with Crippen molar-refractivity contribution in [3.63, 3.8) is 0 Å². The molecule has 1 aromatic rings. The highest BCUT2D eigenvalue weighted by Crippen LogP contribution is 2.34. The highest BCUT2D eigenvalue weighted by Gasteiger charge is 2.41. The standard InChI is InChI=1S/C15H21F3N2O/c1-10-8-13(11(2)19(10)3)14(21)9-20-6-4-12(5-7-20)15(16,17)18/h8,12H,4-7,9H2,1-3H3. The van der Waals surface area contributed by atoms with E-state index in [0.29, 0.717) is 18.7 Å². The highest BCUT2D eigenvalue weighted by atomic mass is 19.4. The van der Waals surface area contributed by atoms with Crippen molar-refractivity contribution in [1.29, 1.82) is 0 Å². The van der Waals surface area contributed by atoms with Crippen LogP contribution < -0.4 is 0 Å². The van der Waals surface area contributed by atoms with E-state index in [0.717, 1.165) is 11.4 Å². The number of Topliss-reactive ketones (excluding diaryl/α,β-unsaturated/α-hetero) is 1. The first-order chi connectivity index (χ1) is 9.70. The van der Waals surface area contributed by atoms with Crippen LogP contribution in [0.2, 0.25) is 0 Å². The third kappa shape index (κ3) is 3.48. The number of hydrogen-bond acceptors (Lipinski definition) is 2. The molecular weight excluding hydrogens is 281 g/mol. The number of halogens is 3. The van der Waals surface area contributed by atoms with E-state index in [1.54, 1.807) is 0 Å². The van der Waals surface area contributed by atoms with Gasteiger partial charge in [-0.1, -0.05) is 0 Å². The smallest absolute Gasteiger partial charge is 0.351 e. The van der Waals surface area contributed by atoms with Gasteiger partial charge in [0.2, 0.25) is 0 Å². The summed E-state index contributed by atoms with van der Waals surface area (Å²) in [6.45, 7) is 4.69. The molecule has 0 aromatic carbocycles. The predicted octanol–water partition coefficient (Wildman–Crippen LogP) is 3.10. The number of piperidine rings is 1. The molecule has 0 bridgehead atoms. The number of ketones is 1. The van der Waals surface area contributed by atoms with Gasteiger partial charge >= 0.3 is 6.18 Å². The van der Waals surface area contributed by atoms with Gasteiger partial charge in [0.05, 0.1) is 12.5 Å². The first-order valence-corrected chi connectivity index (χ1v) is 7.15. The average molecular weight is 302 g/mol. The normalized spacial score (nSPS) is 18.2. The fourth-order valence-electron chi connectivity index (χ4n) is 2.84. The van der Waals surface area contributed by atoms with Crippen LogP contribution in [0.3, 0.4) is 0 Å². The van der Waals surface area contributed by atoms with E-state index in [-0.39, 0.29) is 25.2 Å². The summed E-state index contributed by atoms with van der Waals surface area (Å²) >= 11 is 0. The van der Waals surface area contributed by atoms with Crippen LogP contribution in [-0.2, 0) is 7.05 Å². The van der Waals surface area contributed by atoms with E-state index in [2.05, 4.69) is 0 Å². The van der Waals surface area contributed by atoms with Gasteiger partial charge in [-0.15, -0.1) is 0 Å². The number of hydrogen-bond donors (Lipinski definition) is 0. The van der Waals surface area contributed by atoms with E-state index in [1.165, 1.54) is 0 Å². The Hall–Kier alpha value is -1.30. The maximum atomic E-state index is 12.6. The Morgan fingerprint density at radius 3 is 2.29 bits per heavy atom. The number of alkyl halides is 3. The van der Waals surface area contributed by atoms with Crippen molar-refractivity contribution in [2.45, 2.75) is 32.9 Å². The zero-order chi connectivity index (χ0) is 15.8. The molecule has 1 aliphatic rings. The van der Waals surface area contributed by atoms with E-state index >= 15 is 0 Å². The molecule has 0 atom stereocenters. The largest absolute Gasteiger partial charge is 0.391 e. The van der Waals surface area contributed by atoms with Crippen LogP contribution in [0, 0.1) is 19.8 Å². The van der Waals surface area contributed by atoms with Gasteiger partial charge in [0.25, 0.3) is 0 Å². The first kappa shape index (κ1) is 16.1. The Bertz CT molecular complexity index is 526. The second-order valence-corrected chi connectivity index (χ2v) is 5.86. The van der Waals surface area contributed by atoms with Gasteiger partial charge < -0.3 is 4.57 Å². The van der Waals surface area contributed by atoms with Crippen LogP contribution in [0.1, 0.15) is 34.6 Å². The van der Waals surface area contributed by atoms with Gasteiger partial charge in [0.1, 0.15) is 0 Å². The van der Waals surface area contributed by atoms with Crippen LogP contribution in [0.15, 0.2) is 6.07 Å². The number of carbonyl (C=O) groups is 1. The molecule has 3 nitrogen and oxygen atoms in total. The second kappa shape index (κ2) is 5.83. The summed E-state index contributed by atoms with van der Waals surface area (Å²) in [4.78, 5) is 14.1. The van der Waals surface area contributed by atoms with Gasteiger partial charge in [0.15, 0.2) is 5.78 Å². The number of carbonyl (C=O) groups excluding carboxylic acids is 1. The lowest BCUT2D eigenvalue weighted by Gasteiger charge is -2.32. The molecule has 0 saturated carbocycles. The number of aryl methyl sites for hydroxylation is 1. The third-order valence-corrected chi connectivity index (χ3v) is 4.49. The van der Waals surface area contributed by atoms with Crippen LogP contribution in [0.5, 0.6) is 0 Å². The summed E-state index contributed by atoms with van der Waals surface area (Å²) in [6.07, 6.45) is -3.93. The zero-order valence-corrected chi connectivity index (χ0v) is 12.6. The van der Waals surface area contributed by atoms with Gasteiger partial charge in [-0.25, -0.2) is 0 Å². The van der Waals surface area contributed by atoms with E-state index in [4.69, 9.17) is 0 Å². The van der Waals surface area contributed by atoms with E-state index < -0.39 is 12.1 Å². The highest BCUT2D eigenvalue weighted by molar-refractivity contribution is 5.99. The van der Waals surface area contributed by atoms with Crippen molar-refractivity contribution in [2.24, 2.45) is 13.0 Å². The number of aromatic nitrogens is 1. The Morgan fingerprint density at radius 1 is 1.29 bits per heavy atom. The molecule has 6 heteroatoms. The molecule has 0 aliphatic carbocycles. The fourth-order valence-corrected chi connectivity index (χ4v) is 2.84. The summed E-state index contributed by atoms with van der Waals surface area (Å²) in [6, 6.07) is 1.85. The molecule has 0 amide bonds. The molecule has 0 N–H and O–H groups in total. The summed E-state index contributed by atoms with van der Waals surface area (Å²) in [5.41, 5.74) is 2.59. The Kier molecular flexibility index (Phi) is 4.46. The minimum atomic E-state index is -4.11. The second-order valence-electron chi connectivity index (χ2n) is 5.86. The molecule has 1 fully saturated rings. The van der Waals surface area contributed by atoms with Crippen molar-refractivity contribution in [2.75, 3.05) is 19.6 Å². The Morgan fingerprint density at radius 2 is 1.86 bits per heavy atom. The van der Waals surface area contributed by atoms with Crippen molar-refractivity contribution >= 4 is 5.78 Å². The van der Waals surface area contributed by atoms with Crippen LogP contribution in [0.4, 0.5) is 13.2 Å². The molecule has 0 unspecified atom stereocenters. The quantitative estimate of drug-likeness (QED) is 0.802. The van der Waals surface area contributed by atoms with Gasteiger partial charge in [0, 0.05) is 24.0 Å². The molecule has 0 radical (unpaired) electrons. The third-order valence-electron chi connectivity index (χ3n) is 4.49. The molecular formula is C15H21F3N2O. The molecule has 1 aliphatic heterocycles. The van der Waals surface area contributed by atoms with Gasteiger partial charge in [-0.05, 0) is 45.8 Å². The molecule has 0 spiro atoms. The SMILES string of the molecule is Cc1cc(C(=O)CN2CCC(C(F)(F)F)CC2)c(C)n1C. The molecule has 1 aromatic heterocycles. The van der Waals surface area contributed by atoms with Crippen molar-refractivity contribution in [3.05, 3.63) is 23.0 Å². The Balaban J connectivity index is 1.94. The maximum absolute atomic E-state index is 12.6. The average Bonchev–Trinajstić information content (AvgIpc) is 2.66. The minimum absolute atomic E-state index is 0.0124. The number of rotatable bonds is 3. The molecule has 1 saturated heterocycles. The molecule has 118 valence electrons. The minimum Gasteiger partial charge on any atom is -0.351 e. The lowest BCUT2D eigenvalue weighted by atomic mass is 9.96. The summed E-state index contributed by atoms with van der Waals surface area (Å²) in [5, 5.41) is 0. The molecule has 2 rings (SSSR count). The van der Waals surface area contributed by atoms with Crippen LogP contribution in [-0.4, -0.2) is 41.1 Å². The summed E-state index contributed by atoms with van der Waals surface area (Å²) < 4.78 is 39.8. The number of nitrogens with zero attached hydrogens (tertiary/aromatic N) is 2. The van der Waals surface area contributed by atoms with Crippen LogP contribution in [0.25, 0.3) is 0 Å².